The van der Waals surface area contributed by atoms with E-state index in [1.807, 2.05) is 49.5 Å². The number of hydrogen-bond acceptors (Lipinski definition) is 4. The number of carbonyl (C=O) groups is 1. The summed E-state index contributed by atoms with van der Waals surface area (Å²) in [7, 11) is 3.94. The largest absolute Gasteiger partial charge is 0.508 e. The molecule has 2 N–H and O–H groups in total. The van der Waals surface area contributed by atoms with Crippen LogP contribution in [0.3, 0.4) is 0 Å². The van der Waals surface area contributed by atoms with Crippen LogP contribution in [0.5, 0.6) is 5.75 Å². The summed E-state index contributed by atoms with van der Waals surface area (Å²) in [5.41, 5.74) is 1.49. The molecule has 2 aliphatic rings. The van der Waals surface area contributed by atoms with Gasteiger partial charge >= 0.3 is 0 Å². The molecule has 4 atom stereocenters. The fourth-order valence-electron chi connectivity index (χ4n) is 5.40. The number of benzene rings is 2. The predicted molar refractivity (Wildman–Crippen MR) is 113 cm³/mol. The molecule has 1 saturated heterocycles. The summed E-state index contributed by atoms with van der Waals surface area (Å²) >= 11 is 0. The Morgan fingerprint density at radius 1 is 1.17 bits per heavy atom. The second kappa shape index (κ2) is 7.81. The van der Waals surface area contributed by atoms with E-state index < -0.39 is 6.10 Å². The van der Waals surface area contributed by atoms with E-state index in [9.17, 15) is 15.0 Å². The molecular weight excluding hydrogens is 364 g/mol. The second-order valence-corrected chi connectivity index (χ2v) is 8.77. The Labute approximate surface area is 172 Å². The van der Waals surface area contributed by atoms with Crippen LogP contribution in [0.1, 0.15) is 35.2 Å². The monoisotopic (exact) mass is 394 g/mol. The first kappa shape index (κ1) is 19.9. The molecule has 154 valence electrons. The molecule has 1 heterocycles. The van der Waals surface area contributed by atoms with E-state index in [4.69, 9.17) is 0 Å². The van der Waals surface area contributed by atoms with Crippen molar-refractivity contribution >= 4 is 5.91 Å². The Balaban J connectivity index is 1.68. The van der Waals surface area contributed by atoms with Crippen LogP contribution in [0.25, 0.3) is 0 Å². The maximum atomic E-state index is 13.1. The molecule has 1 aliphatic heterocycles. The number of aromatic hydroxyl groups is 1. The zero-order valence-corrected chi connectivity index (χ0v) is 17.2. The molecule has 1 amide bonds. The Bertz CT molecular complexity index is 871. The molecule has 0 aromatic heterocycles. The first-order chi connectivity index (χ1) is 13.9. The number of phenols is 1. The normalized spacial score (nSPS) is 29.8. The van der Waals surface area contributed by atoms with E-state index in [1.54, 1.807) is 11.0 Å². The number of carbonyl (C=O) groups excluding carboxylic acids is 1. The smallest absolute Gasteiger partial charge is 0.253 e. The van der Waals surface area contributed by atoms with Gasteiger partial charge < -0.3 is 20.0 Å². The molecule has 2 aromatic rings. The third kappa shape index (κ3) is 3.65. The highest BCUT2D eigenvalue weighted by atomic mass is 16.3. The van der Waals surface area contributed by atoms with Gasteiger partial charge in [0.25, 0.3) is 5.91 Å². The number of piperidine rings is 1. The van der Waals surface area contributed by atoms with Gasteiger partial charge in [0.05, 0.1) is 6.10 Å². The average molecular weight is 395 g/mol. The molecule has 0 bridgehead atoms. The van der Waals surface area contributed by atoms with E-state index in [-0.39, 0.29) is 29.0 Å². The lowest BCUT2D eigenvalue weighted by atomic mass is 9.57. The first-order valence-corrected chi connectivity index (χ1v) is 10.4. The zero-order chi connectivity index (χ0) is 20.6. The second-order valence-electron chi connectivity index (χ2n) is 8.77. The van der Waals surface area contributed by atoms with E-state index in [1.165, 1.54) is 0 Å². The number of rotatable bonds is 3. The number of aliphatic hydroxyl groups excluding tert-OH is 1. The zero-order valence-electron chi connectivity index (χ0n) is 17.2. The van der Waals surface area contributed by atoms with E-state index in [0.29, 0.717) is 12.0 Å². The number of amides is 1. The molecule has 29 heavy (non-hydrogen) atoms. The van der Waals surface area contributed by atoms with Crippen LogP contribution < -0.4 is 0 Å². The fraction of sp³-hybridized carbons (Fsp3) is 0.458. The quantitative estimate of drug-likeness (QED) is 0.840. The molecule has 1 saturated carbocycles. The molecule has 0 radical (unpaired) electrons. The minimum Gasteiger partial charge on any atom is -0.508 e. The maximum Gasteiger partial charge on any atom is 0.253 e. The summed E-state index contributed by atoms with van der Waals surface area (Å²) in [5, 5.41) is 21.3. The van der Waals surface area contributed by atoms with Crippen LogP contribution in [-0.2, 0) is 5.41 Å². The molecule has 4 rings (SSSR count). The van der Waals surface area contributed by atoms with E-state index >= 15 is 0 Å². The van der Waals surface area contributed by atoms with Crippen molar-refractivity contribution in [2.45, 2.75) is 36.8 Å². The van der Waals surface area contributed by atoms with Gasteiger partial charge in [-0.3, -0.25) is 4.79 Å². The Kier molecular flexibility index (Phi) is 5.36. The van der Waals surface area contributed by atoms with Crippen LogP contribution in [0, 0.1) is 5.92 Å². The summed E-state index contributed by atoms with van der Waals surface area (Å²) in [6.07, 6.45) is 1.78. The van der Waals surface area contributed by atoms with Crippen LogP contribution in [0.15, 0.2) is 54.6 Å². The van der Waals surface area contributed by atoms with Crippen molar-refractivity contribution in [3.8, 4) is 5.75 Å². The van der Waals surface area contributed by atoms with E-state index in [2.05, 4.69) is 18.0 Å². The van der Waals surface area contributed by atoms with Gasteiger partial charge in [-0.2, -0.15) is 0 Å². The van der Waals surface area contributed by atoms with Gasteiger partial charge in [-0.25, -0.2) is 0 Å². The van der Waals surface area contributed by atoms with Gasteiger partial charge in [0.2, 0.25) is 0 Å². The summed E-state index contributed by atoms with van der Waals surface area (Å²) in [6, 6.07) is 16.7. The topological polar surface area (TPSA) is 64.0 Å². The average Bonchev–Trinajstić information content (AvgIpc) is 2.74. The van der Waals surface area contributed by atoms with E-state index in [0.717, 1.165) is 31.5 Å². The van der Waals surface area contributed by atoms with Crippen LogP contribution in [0.4, 0.5) is 0 Å². The highest BCUT2D eigenvalue weighted by Gasteiger charge is 2.52. The fourth-order valence-corrected chi connectivity index (χ4v) is 5.40. The highest BCUT2D eigenvalue weighted by molar-refractivity contribution is 5.94. The lowest BCUT2D eigenvalue weighted by Crippen LogP contribution is -2.60. The maximum absolute atomic E-state index is 13.1. The molecule has 2 aromatic carbocycles. The minimum atomic E-state index is -0.495. The number of aliphatic hydroxyl groups is 1. The minimum absolute atomic E-state index is 0.0137. The number of nitrogens with zero attached hydrogens (tertiary/aromatic N) is 2. The molecule has 2 fully saturated rings. The molecule has 5 nitrogen and oxygen atoms in total. The van der Waals surface area contributed by atoms with Gasteiger partial charge in [0.15, 0.2) is 0 Å². The number of likely N-dealkylation sites (tertiary alicyclic amines) is 1. The Morgan fingerprint density at radius 3 is 2.66 bits per heavy atom. The SMILES string of the molecule is CN1CC[C@@]2(c3cccc(O)c3)C[C@H](N(C)C(=O)c3ccccc3)CC(O)[C@@H]2C1. The van der Waals surface area contributed by atoms with Crippen molar-refractivity contribution in [2.24, 2.45) is 5.92 Å². The molecule has 5 heteroatoms. The van der Waals surface area contributed by atoms with Crippen LogP contribution >= 0.6 is 0 Å². The summed E-state index contributed by atoms with van der Waals surface area (Å²) in [5.74, 6) is 0.319. The Hall–Kier alpha value is -2.37. The standard InChI is InChI=1S/C24H30N2O3/c1-25-12-11-24(18-9-6-10-20(27)13-18)15-19(14-22(28)21(24)16-25)26(2)23(29)17-7-4-3-5-8-17/h3-10,13,19,21-22,27-28H,11-12,14-16H2,1-2H3/t19-,21+,22?,24+/m1/s1. The van der Waals surface area contributed by atoms with Crippen molar-refractivity contribution in [1.82, 2.24) is 9.80 Å². The van der Waals surface area contributed by atoms with Crippen LogP contribution in [0.2, 0.25) is 0 Å². The molecule has 1 unspecified atom stereocenters. The van der Waals surface area contributed by atoms with Crippen molar-refractivity contribution in [2.75, 3.05) is 27.2 Å². The van der Waals surface area contributed by atoms with Gasteiger partial charge in [-0.15, -0.1) is 0 Å². The third-order valence-corrected chi connectivity index (χ3v) is 7.05. The van der Waals surface area contributed by atoms with Crippen LogP contribution in [-0.4, -0.2) is 65.3 Å². The number of fused-ring (bicyclic) bond motifs is 1. The summed E-state index contributed by atoms with van der Waals surface area (Å²) in [6.45, 7) is 1.75. The highest BCUT2D eigenvalue weighted by Crippen LogP contribution is 2.50. The summed E-state index contributed by atoms with van der Waals surface area (Å²) < 4.78 is 0. The number of phenolic OH excluding ortho intramolecular Hbond substituents is 1. The molecule has 0 spiro atoms. The van der Waals surface area contributed by atoms with Crippen molar-refractivity contribution in [3.05, 3.63) is 65.7 Å². The van der Waals surface area contributed by atoms with Crippen molar-refractivity contribution in [3.63, 3.8) is 0 Å². The van der Waals surface area contributed by atoms with Gasteiger partial charge in [0.1, 0.15) is 5.75 Å². The summed E-state index contributed by atoms with van der Waals surface area (Å²) in [4.78, 5) is 17.1. The molecular formula is C24H30N2O3. The Morgan fingerprint density at radius 2 is 1.93 bits per heavy atom. The molecule has 1 aliphatic carbocycles. The van der Waals surface area contributed by atoms with Crippen molar-refractivity contribution in [1.29, 1.82) is 0 Å². The van der Waals surface area contributed by atoms with Gasteiger partial charge in [-0.1, -0.05) is 30.3 Å². The van der Waals surface area contributed by atoms with Crippen molar-refractivity contribution < 1.29 is 15.0 Å². The predicted octanol–water partition coefficient (Wildman–Crippen LogP) is 2.88. The third-order valence-electron chi connectivity index (χ3n) is 7.05. The van der Waals surface area contributed by atoms with Gasteiger partial charge in [0, 0.05) is 36.5 Å². The number of hydrogen-bond donors (Lipinski definition) is 2. The lowest BCUT2D eigenvalue weighted by molar-refractivity contribution is -0.0566. The lowest BCUT2D eigenvalue weighted by Gasteiger charge is -2.55. The first-order valence-electron chi connectivity index (χ1n) is 10.4. The van der Waals surface area contributed by atoms with Gasteiger partial charge in [-0.05, 0) is 62.7 Å².